The topological polar surface area (TPSA) is 237 Å². The van der Waals surface area contributed by atoms with Crippen LogP contribution in [0.25, 0.3) is 22.1 Å². The highest BCUT2D eigenvalue weighted by molar-refractivity contribution is 8.15. The van der Waals surface area contributed by atoms with Gasteiger partial charge in [-0.3, -0.25) is 15.0 Å². The van der Waals surface area contributed by atoms with Gasteiger partial charge in [0, 0.05) is 76.9 Å². The maximum Gasteiger partial charge on any atom is 0.418 e. The number of nitrogens with two attached hydrogens (primary N) is 2. The Morgan fingerprint density at radius 1 is 0.759 bits per heavy atom. The monoisotopic (exact) mass is 1200 g/mol. The zero-order valence-corrected chi connectivity index (χ0v) is 49.8. The third-order valence-electron chi connectivity index (χ3n) is 13.7. The molecule has 0 radical (unpaired) electrons. The smallest absolute Gasteiger partial charge is 0.418 e. The van der Waals surface area contributed by atoms with Crippen LogP contribution in [0.4, 0.5) is 19.3 Å². The second-order valence-electron chi connectivity index (χ2n) is 22.1. The number of methoxy groups -OCH3 is 2. The summed E-state index contributed by atoms with van der Waals surface area (Å²) in [5, 5.41) is 2.25. The van der Waals surface area contributed by atoms with Crippen LogP contribution in [-0.2, 0) is 36.4 Å². The quantitative estimate of drug-likeness (QED) is 0.0359. The molecule has 4 aliphatic rings. The molecule has 26 heteroatoms. The number of pyridine rings is 4. The van der Waals surface area contributed by atoms with Crippen molar-refractivity contribution in [3.63, 3.8) is 0 Å². The lowest BCUT2D eigenvalue weighted by Gasteiger charge is -2.37. The van der Waals surface area contributed by atoms with Crippen molar-refractivity contribution in [1.29, 1.82) is 0 Å². The number of anilines is 1. The first kappa shape index (κ1) is 61.6. The van der Waals surface area contributed by atoms with Gasteiger partial charge in [0.25, 0.3) is 0 Å². The normalized spacial score (nSPS) is 23.8. The molecule has 2 aliphatic carbocycles. The molecular formula is C53H66Cl3F2N13O5S2Si. The molecule has 8 heterocycles. The number of aromatic nitrogens is 8. The molecule has 10 rings (SSSR count). The highest BCUT2D eigenvalue weighted by atomic mass is 35.5. The standard InChI is InChI=1S/C24H39FN4O4SSi.C21H20ClFN6OS.C7H3Cl2N3.CH4/c1-22(2,3)33-21(30)29(15-32-9-10-35(6,7)8)20-28-23(4,17-11-16(26)13-27-19(17)25)18-12-24(18,34-20)14-31-5;1-20(16-6-21(16,9-30-2)31-19(24)29-20)13-3-11(7-26-18(13)23)4-14-17-15(28-10-27-14)5-12(22)8-25-17;8-4-1-5-6(10-2-4)7(9)12-3-11-5;/h11,13,18H,9-10,12,14-15,26H2,1-8H3;3,5,7-8,10,16H,4,6,9H2,1-2H3,(H2,24,29);1-3H;1H4/t18-,23+,24+;16-,20+,21+;;/m00../s1. The van der Waals surface area contributed by atoms with E-state index in [1.54, 1.807) is 38.6 Å². The first-order chi connectivity index (χ1) is 36.7. The van der Waals surface area contributed by atoms with E-state index in [0.29, 0.717) is 96.4 Å². The van der Waals surface area contributed by atoms with Gasteiger partial charge in [0.1, 0.15) is 36.0 Å². The first-order valence-corrected chi connectivity index (χ1v) is 31.3. The number of ether oxygens (including phenoxy) is 4. The molecule has 18 nitrogen and oxygen atoms in total. The highest BCUT2D eigenvalue weighted by Crippen LogP contribution is 2.67. The predicted octanol–water partition coefficient (Wildman–Crippen LogP) is 11.5. The SMILES string of the molecule is C.COC[C@]12C[C@H]1[C@@](C)(c1cc(Cc3ncnc4cc(Cl)cnc34)cnc1F)N=C(N)S2.COC[C@]12C[C@H]1[C@@](C)(c1cc(N)cnc1F)N=C(N(COCC[Si](C)(C)C)C(=O)OC(C)(C)C)S2.Clc1cnc2c(Cl)ncnc2c1. The van der Waals surface area contributed by atoms with Crippen molar-refractivity contribution in [3.8, 4) is 0 Å². The summed E-state index contributed by atoms with van der Waals surface area (Å²) >= 11 is 20.5. The van der Waals surface area contributed by atoms with Crippen LogP contribution in [0.2, 0.25) is 40.9 Å². The van der Waals surface area contributed by atoms with Crippen molar-refractivity contribution in [3.05, 3.63) is 111 Å². The van der Waals surface area contributed by atoms with Gasteiger partial charge in [0.15, 0.2) is 15.5 Å². The summed E-state index contributed by atoms with van der Waals surface area (Å²) in [5.41, 5.74) is 14.8. The minimum atomic E-state index is -1.31. The Morgan fingerprint density at radius 3 is 1.92 bits per heavy atom. The fraction of sp³-hybridized carbons (Fsp3) is 0.491. The molecule has 0 unspecified atom stereocenters. The molecule has 0 spiro atoms. The Labute approximate surface area is 483 Å². The van der Waals surface area contributed by atoms with E-state index >= 15 is 0 Å². The molecule has 0 saturated heterocycles. The van der Waals surface area contributed by atoms with E-state index in [-0.39, 0.29) is 35.5 Å². The van der Waals surface area contributed by atoms with E-state index in [9.17, 15) is 13.6 Å². The maximum atomic E-state index is 15.0. The van der Waals surface area contributed by atoms with Crippen LogP contribution in [0.5, 0.6) is 0 Å². The number of amidine groups is 2. The van der Waals surface area contributed by atoms with Crippen molar-refractivity contribution in [1.82, 2.24) is 44.8 Å². The van der Waals surface area contributed by atoms with Crippen molar-refractivity contribution in [2.24, 2.45) is 27.6 Å². The molecule has 1 amide bonds. The number of hydrogen-bond acceptors (Lipinski definition) is 19. The molecule has 2 saturated carbocycles. The van der Waals surface area contributed by atoms with E-state index in [1.807, 2.05) is 40.7 Å². The van der Waals surface area contributed by atoms with Gasteiger partial charge in [-0.2, -0.15) is 8.78 Å². The lowest BCUT2D eigenvalue weighted by atomic mass is 9.86. The lowest BCUT2D eigenvalue weighted by molar-refractivity contribution is 0.0109. The Kier molecular flexibility index (Phi) is 18.9. The van der Waals surface area contributed by atoms with Gasteiger partial charge in [-0.1, -0.05) is 85.4 Å². The van der Waals surface area contributed by atoms with Gasteiger partial charge in [0.2, 0.25) is 11.9 Å². The summed E-state index contributed by atoms with van der Waals surface area (Å²) in [7, 11) is 1.99. The fourth-order valence-corrected chi connectivity index (χ4v) is 14.0. The van der Waals surface area contributed by atoms with Gasteiger partial charge < -0.3 is 30.4 Å². The first-order valence-electron chi connectivity index (χ1n) is 24.8. The zero-order chi connectivity index (χ0) is 56.6. The second-order valence-corrected chi connectivity index (χ2v) is 31.8. The third kappa shape index (κ3) is 14.0. The van der Waals surface area contributed by atoms with Gasteiger partial charge in [0.05, 0.1) is 72.4 Å². The molecule has 6 aromatic heterocycles. The number of carbonyl (C=O) groups is 1. The summed E-state index contributed by atoms with van der Waals surface area (Å²) in [6.07, 6.45) is 10.2. The summed E-state index contributed by atoms with van der Waals surface area (Å²) in [4.78, 5) is 56.9. The van der Waals surface area contributed by atoms with Crippen LogP contribution in [0.1, 0.15) is 77.3 Å². The number of thioether (sulfide) groups is 2. The number of fused-ring (bicyclic) bond motifs is 4. The van der Waals surface area contributed by atoms with Crippen LogP contribution < -0.4 is 11.5 Å². The van der Waals surface area contributed by atoms with E-state index < -0.39 is 42.7 Å². The number of amides is 1. The summed E-state index contributed by atoms with van der Waals surface area (Å²) < 4.78 is 52.0. The van der Waals surface area contributed by atoms with Gasteiger partial charge in [-0.25, -0.2) is 44.6 Å². The minimum Gasteiger partial charge on any atom is -0.443 e. The van der Waals surface area contributed by atoms with Crippen LogP contribution >= 0.6 is 58.3 Å². The largest absolute Gasteiger partial charge is 0.443 e. The van der Waals surface area contributed by atoms with E-state index in [4.69, 9.17) is 70.2 Å². The summed E-state index contributed by atoms with van der Waals surface area (Å²) in [6, 6.07) is 7.79. The highest BCUT2D eigenvalue weighted by Gasteiger charge is 2.68. The van der Waals surface area contributed by atoms with Crippen molar-refractivity contribution in [2.45, 2.75) is 113 Å². The molecule has 4 N–H and O–H groups in total. The summed E-state index contributed by atoms with van der Waals surface area (Å²) in [6.45, 7) is 17.5. The number of halogens is 5. The number of carbonyl (C=O) groups excluding carboxylic acids is 1. The van der Waals surface area contributed by atoms with Gasteiger partial charge in [-0.05, 0) is 83.3 Å². The number of nitrogens with zero attached hydrogens (tertiary/aromatic N) is 11. The molecule has 0 aromatic carbocycles. The lowest BCUT2D eigenvalue weighted by Crippen LogP contribution is -2.46. The van der Waals surface area contributed by atoms with Crippen molar-refractivity contribution < 1.29 is 32.5 Å². The molecule has 6 aromatic rings. The van der Waals surface area contributed by atoms with Gasteiger partial charge in [-0.15, -0.1) is 0 Å². The average molecular weight is 1200 g/mol. The zero-order valence-electron chi connectivity index (χ0n) is 44.9. The predicted molar refractivity (Wildman–Crippen MR) is 313 cm³/mol. The molecular weight excluding hydrogens is 1140 g/mol. The van der Waals surface area contributed by atoms with Crippen LogP contribution in [0.15, 0.2) is 71.7 Å². The number of nitrogen functional groups attached to an aromatic ring is 1. The summed E-state index contributed by atoms with van der Waals surface area (Å²) in [5.74, 6) is -1.04. The molecule has 424 valence electrons. The Balaban J connectivity index is 0.000000187. The molecule has 0 bridgehead atoms. The fourth-order valence-electron chi connectivity index (χ4n) is 9.70. The maximum absolute atomic E-state index is 15.0. The number of aliphatic imine (C=N–C) groups is 2. The van der Waals surface area contributed by atoms with E-state index in [0.717, 1.165) is 24.4 Å². The Bertz CT molecular complexity index is 3290. The minimum absolute atomic E-state index is 0. The average Bonchev–Trinajstić information content (AvgIpc) is 3.93. The Morgan fingerprint density at radius 2 is 1.32 bits per heavy atom. The van der Waals surface area contributed by atoms with Crippen LogP contribution in [-0.4, -0.2) is 125 Å². The molecule has 79 heavy (non-hydrogen) atoms. The second kappa shape index (κ2) is 24.2. The number of hydrogen-bond donors (Lipinski definition) is 2. The van der Waals surface area contributed by atoms with E-state index in [2.05, 4.69) is 64.5 Å². The molecule has 6 atom stereocenters. The van der Waals surface area contributed by atoms with Crippen LogP contribution in [0, 0.1) is 23.7 Å². The van der Waals surface area contributed by atoms with Gasteiger partial charge >= 0.3 is 6.09 Å². The van der Waals surface area contributed by atoms with E-state index in [1.165, 1.54) is 59.7 Å². The Hall–Kier alpha value is -4.98. The van der Waals surface area contributed by atoms with Crippen molar-refractivity contribution in [2.75, 3.05) is 46.5 Å². The van der Waals surface area contributed by atoms with Crippen molar-refractivity contribution >= 4 is 111 Å². The van der Waals surface area contributed by atoms with Crippen LogP contribution in [0.3, 0.4) is 0 Å². The third-order valence-corrected chi connectivity index (χ3v) is 18.8. The molecule has 2 fully saturated rings. The molecule has 2 aliphatic heterocycles. The number of rotatable bonds is 13.